The average molecular weight is 413 g/mol. The van der Waals surface area contributed by atoms with Crippen molar-refractivity contribution in [3.63, 3.8) is 0 Å². The van der Waals surface area contributed by atoms with Crippen LogP contribution in [0.2, 0.25) is 0 Å². The van der Waals surface area contributed by atoms with Crippen LogP contribution in [0.15, 0.2) is 57.8 Å². The molecule has 1 N–H and O–H groups in total. The van der Waals surface area contributed by atoms with E-state index < -0.39 is 9.84 Å². The molecule has 0 aliphatic heterocycles. The second-order valence-corrected chi connectivity index (χ2v) is 9.77. The predicted molar refractivity (Wildman–Crippen MR) is 112 cm³/mol. The molecule has 1 atom stereocenters. The topological polar surface area (TPSA) is 89.3 Å². The molecule has 0 saturated heterocycles. The smallest absolute Gasteiger partial charge is 0.302 e. The number of benzene rings is 2. The van der Waals surface area contributed by atoms with Crippen LogP contribution in [-0.4, -0.2) is 25.6 Å². The lowest BCUT2D eigenvalue weighted by Crippen LogP contribution is -2.23. The van der Waals surface area contributed by atoms with E-state index in [1.165, 1.54) is 19.1 Å². The van der Waals surface area contributed by atoms with Gasteiger partial charge in [-0.15, -0.1) is 0 Å². The van der Waals surface area contributed by atoms with Crippen LogP contribution in [0.4, 0.5) is 6.01 Å². The van der Waals surface area contributed by atoms with Gasteiger partial charge in [-0.3, -0.25) is 10.1 Å². The minimum absolute atomic E-state index is 0.181. The molecule has 152 valence electrons. The van der Waals surface area contributed by atoms with Gasteiger partial charge in [-0.05, 0) is 42.2 Å². The zero-order valence-electron chi connectivity index (χ0n) is 16.3. The fraction of sp³-hybridized carbons (Fsp3) is 0.364. The average Bonchev–Trinajstić information content (AvgIpc) is 3.34. The third-order valence-electron chi connectivity index (χ3n) is 5.59. The highest BCUT2D eigenvalue weighted by Crippen LogP contribution is 2.35. The summed E-state index contributed by atoms with van der Waals surface area (Å²) in [4.78, 5) is 17.7. The van der Waals surface area contributed by atoms with Crippen molar-refractivity contribution in [3.8, 4) is 0 Å². The molecule has 1 heterocycles. The summed E-state index contributed by atoms with van der Waals surface area (Å²) in [6.45, 7) is 0. The largest absolute Gasteiger partial charge is 0.423 e. The summed E-state index contributed by atoms with van der Waals surface area (Å²) in [5.74, 6) is -0.0822. The van der Waals surface area contributed by atoms with Crippen molar-refractivity contribution in [2.24, 2.45) is 5.92 Å². The molecule has 4 rings (SSSR count). The van der Waals surface area contributed by atoms with Crippen LogP contribution in [0.25, 0.3) is 11.1 Å². The van der Waals surface area contributed by atoms with E-state index in [2.05, 4.69) is 10.3 Å². The Labute approximate surface area is 170 Å². The number of carbonyl (C=O) groups is 1. The predicted octanol–water partition coefficient (Wildman–Crippen LogP) is 4.53. The number of para-hydroxylation sites is 2. The fourth-order valence-corrected chi connectivity index (χ4v) is 4.67. The minimum Gasteiger partial charge on any atom is -0.423 e. The van der Waals surface area contributed by atoms with E-state index >= 15 is 0 Å². The van der Waals surface area contributed by atoms with Gasteiger partial charge in [0.05, 0.1) is 10.8 Å². The Morgan fingerprint density at radius 1 is 1.14 bits per heavy atom. The van der Waals surface area contributed by atoms with Gasteiger partial charge in [0.25, 0.3) is 0 Å². The number of fused-ring (bicyclic) bond motifs is 1. The highest BCUT2D eigenvalue weighted by Gasteiger charge is 2.28. The number of carbonyl (C=O) groups excluding carboxylic acids is 1. The number of anilines is 1. The standard InChI is InChI=1S/C22H24N2O4S/c1-29(26,27)17-12-10-16(11-13-17)18(14-15-6-2-3-7-15)21(25)24-22-23-19-8-4-5-9-20(19)28-22/h4-5,8-13,15,18H,2-3,6-7,14H2,1H3,(H,23,24,25). The van der Waals surface area contributed by atoms with Crippen LogP contribution in [0.3, 0.4) is 0 Å². The third kappa shape index (κ3) is 4.50. The molecule has 1 aliphatic rings. The lowest BCUT2D eigenvalue weighted by molar-refractivity contribution is -0.118. The van der Waals surface area contributed by atoms with Crippen molar-refractivity contribution < 1.29 is 17.6 Å². The molecule has 0 bridgehead atoms. The maximum absolute atomic E-state index is 13.1. The van der Waals surface area contributed by atoms with E-state index in [9.17, 15) is 13.2 Å². The first-order valence-corrected chi connectivity index (χ1v) is 11.8. The van der Waals surface area contributed by atoms with Crippen LogP contribution < -0.4 is 5.32 Å². The van der Waals surface area contributed by atoms with Gasteiger partial charge in [0, 0.05) is 6.26 Å². The molecular weight excluding hydrogens is 388 g/mol. The van der Waals surface area contributed by atoms with Gasteiger partial charge >= 0.3 is 6.01 Å². The first-order valence-electron chi connectivity index (χ1n) is 9.86. The molecule has 1 saturated carbocycles. The van der Waals surface area contributed by atoms with E-state index in [1.807, 2.05) is 18.2 Å². The van der Waals surface area contributed by atoms with Gasteiger partial charge in [-0.25, -0.2) is 8.42 Å². The molecular formula is C22H24N2O4S. The third-order valence-corrected chi connectivity index (χ3v) is 6.72. The quantitative estimate of drug-likeness (QED) is 0.642. The highest BCUT2D eigenvalue weighted by atomic mass is 32.2. The van der Waals surface area contributed by atoms with E-state index in [1.54, 1.807) is 30.3 Å². The van der Waals surface area contributed by atoms with E-state index in [4.69, 9.17) is 4.42 Å². The molecule has 1 fully saturated rings. The molecule has 7 heteroatoms. The molecule has 29 heavy (non-hydrogen) atoms. The lowest BCUT2D eigenvalue weighted by Gasteiger charge is -2.20. The molecule has 0 spiro atoms. The van der Waals surface area contributed by atoms with Crippen molar-refractivity contribution in [2.75, 3.05) is 11.6 Å². The number of oxazole rings is 1. The number of hydrogen-bond donors (Lipinski definition) is 1. The van der Waals surface area contributed by atoms with Gasteiger partial charge in [0.15, 0.2) is 15.4 Å². The lowest BCUT2D eigenvalue weighted by atomic mass is 9.87. The number of sulfone groups is 1. The van der Waals surface area contributed by atoms with E-state index in [0.717, 1.165) is 24.8 Å². The number of aromatic nitrogens is 1. The van der Waals surface area contributed by atoms with Gasteiger partial charge in [0.2, 0.25) is 5.91 Å². The number of amides is 1. The van der Waals surface area contributed by atoms with Gasteiger partial charge < -0.3 is 4.42 Å². The molecule has 1 amide bonds. The Bertz CT molecular complexity index is 1080. The molecule has 1 unspecified atom stereocenters. The van der Waals surface area contributed by atoms with Crippen LogP contribution in [0, 0.1) is 5.92 Å². The molecule has 0 radical (unpaired) electrons. The minimum atomic E-state index is -3.28. The monoisotopic (exact) mass is 412 g/mol. The van der Waals surface area contributed by atoms with Gasteiger partial charge in [0.1, 0.15) is 5.52 Å². The Balaban J connectivity index is 1.59. The summed E-state index contributed by atoms with van der Waals surface area (Å²) in [6.07, 6.45) is 6.53. The molecule has 6 nitrogen and oxygen atoms in total. The summed E-state index contributed by atoms with van der Waals surface area (Å²) in [5, 5.41) is 2.81. The molecule has 1 aliphatic carbocycles. The summed E-state index contributed by atoms with van der Waals surface area (Å²) >= 11 is 0. The summed E-state index contributed by atoms with van der Waals surface area (Å²) in [6, 6.07) is 14.1. The Kier molecular flexibility index (Phi) is 5.41. The first kappa shape index (κ1) is 19.6. The van der Waals surface area contributed by atoms with Crippen molar-refractivity contribution in [1.29, 1.82) is 0 Å². The van der Waals surface area contributed by atoms with Gasteiger partial charge in [-0.2, -0.15) is 4.98 Å². The van der Waals surface area contributed by atoms with E-state index in [-0.39, 0.29) is 22.7 Å². The maximum atomic E-state index is 13.1. The zero-order chi connectivity index (χ0) is 20.4. The Morgan fingerprint density at radius 2 is 1.83 bits per heavy atom. The second kappa shape index (κ2) is 7.99. The summed E-state index contributed by atoms with van der Waals surface area (Å²) in [7, 11) is -3.28. The van der Waals surface area contributed by atoms with Crippen LogP contribution >= 0.6 is 0 Å². The normalized spacial score (nSPS) is 16.2. The van der Waals surface area contributed by atoms with Crippen molar-refractivity contribution in [2.45, 2.75) is 42.9 Å². The number of nitrogens with one attached hydrogen (secondary N) is 1. The molecule has 2 aromatic carbocycles. The number of nitrogens with zero attached hydrogens (tertiary/aromatic N) is 1. The Hall–Kier alpha value is -2.67. The van der Waals surface area contributed by atoms with Crippen molar-refractivity contribution in [3.05, 3.63) is 54.1 Å². The SMILES string of the molecule is CS(=O)(=O)c1ccc(C(CC2CCCC2)C(=O)Nc2nc3ccccc3o2)cc1. The van der Waals surface area contributed by atoms with Crippen LogP contribution in [-0.2, 0) is 14.6 Å². The maximum Gasteiger partial charge on any atom is 0.302 e. The van der Waals surface area contributed by atoms with Crippen LogP contribution in [0.5, 0.6) is 0 Å². The summed E-state index contributed by atoms with van der Waals surface area (Å²) < 4.78 is 29.1. The van der Waals surface area contributed by atoms with Crippen molar-refractivity contribution in [1.82, 2.24) is 4.98 Å². The van der Waals surface area contributed by atoms with Crippen molar-refractivity contribution >= 4 is 32.9 Å². The highest BCUT2D eigenvalue weighted by molar-refractivity contribution is 7.90. The summed E-state index contributed by atoms with van der Waals surface area (Å²) in [5.41, 5.74) is 2.11. The number of hydrogen-bond acceptors (Lipinski definition) is 5. The number of rotatable bonds is 6. The second-order valence-electron chi connectivity index (χ2n) is 7.76. The van der Waals surface area contributed by atoms with Crippen LogP contribution in [0.1, 0.15) is 43.6 Å². The Morgan fingerprint density at radius 3 is 2.48 bits per heavy atom. The van der Waals surface area contributed by atoms with Gasteiger partial charge in [-0.1, -0.05) is 49.9 Å². The molecule has 3 aromatic rings. The molecule has 1 aromatic heterocycles. The first-order chi connectivity index (χ1) is 13.9. The fourth-order valence-electron chi connectivity index (χ4n) is 4.04. The zero-order valence-corrected chi connectivity index (χ0v) is 17.1. The van der Waals surface area contributed by atoms with E-state index in [0.29, 0.717) is 17.0 Å².